The molecule has 0 saturated carbocycles. The number of aromatic nitrogens is 2. The van der Waals surface area contributed by atoms with Crippen LogP contribution in [0.2, 0.25) is 0 Å². The molecular formula is C12H20N4O4. The van der Waals surface area contributed by atoms with Gasteiger partial charge in [0.15, 0.2) is 0 Å². The van der Waals surface area contributed by atoms with Crippen molar-refractivity contribution in [2.45, 2.75) is 52.7 Å². The van der Waals surface area contributed by atoms with E-state index in [2.05, 4.69) is 10.4 Å². The second kappa shape index (κ2) is 6.36. The van der Waals surface area contributed by atoms with Gasteiger partial charge in [-0.1, -0.05) is 13.3 Å². The summed E-state index contributed by atoms with van der Waals surface area (Å²) >= 11 is 0. The zero-order valence-corrected chi connectivity index (χ0v) is 12.2. The number of nitrogens with one attached hydrogen (secondary N) is 1. The highest BCUT2D eigenvalue weighted by atomic mass is 16.6. The van der Waals surface area contributed by atoms with Crippen LogP contribution in [0.4, 0.5) is 16.3 Å². The molecule has 0 aliphatic heterocycles. The summed E-state index contributed by atoms with van der Waals surface area (Å²) in [5.74, 6) is -0.0969. The topological polar surface area (TPSA) is 99.3 Å². The Morgan fingerprint density at radius 2 is 2.20 bits per heavy atom. The molecule has 0 saturated heterocycles. The maximum absolute atomic E-state index is 11.6. The minimum Gasteiger partial charge on any atom is -0.444 e. The number of carbonyl (C=O) groups excluding carboxylic acids is 1. The molecule has 1 N–H and O–H groups in total. The highest BCUT2D eigenvalue weighted by Crippen LogP contribution is 2.23. The van der Waals surface area contributed by atoms with Crippen molar-refractivity contribution in [3.8, 4) is 0 Å². The Hall–Kier alpha value is -2.12. The lowest BCUT2D eigenvalue weighted by Gasteiger charge is -2.18. The van der Waals surface area contributed by atoms with Crippen LogP contribution >= 0.6 is 0 Å². The number of hydrogen-bond donors (Lipinski definition) is 1. The van der Waals surface area contributed by atoms with Gasteiger partial charge < -0.3 is 4.74 Å². The van der Waals surface area contributed by atoms with Crippen LogP contribution in [0.1, 0.15) is 40.5 Å². The Kier molecular flexibility index (Phi) is 5.06. The van der Waals surface area contributed by atoms with Gasteiger partial charge >= 0.3 is 11.8 Å². The molecule has 0 aromatic carbocycles. The van der Waals surface area contributed by atoms with Gasteiger partial charge in [-0.15, -0.1) is 5.10 Å². The van der Waals surface area contributed by atoms with E-state index in [0.717, 1.165) is 12.8 Å². The van der Waals surface area contributed by atoms with Crippen molar-refractivity contribution in [3.63, 3.8) is 0 Å². The summed E-state index contributed by atoms with van der Waals surface area (Å²) in [5.41, 5.74) is -0.920. The number of carbonyl (C=O) groups is 1. The second-order valence-electron chi connectivity index (χ2n) is 5.36. The van der Waals surface area contributed by atoms with Crippen LogP contribution in [0.25, 0.3) is 0 Å². The largest absolute Gasteiger partial charge is 0.444 e. The standard InChI is InChI=1S/C12H20N4O4/c1-5-6-7-15-8-9(16(18)19)10(14-15)13-11(17)20-12(2,3)4/h8H,5-7H2,1-4H3,(H,13,14,17). The van der Waals surface area contributed by atoms with E-state index >= 15 is 0 Å². The molecule has 1 aromatic heterocycles. The summed E-state index contributed by atoms with van der Waals surface area (Å²) in [5, 5.41) is 17.2. The second-order valence-corrected chi connectivity index (χ2v) is 5.36. The average Bonchev–Trinajstić information content (AvgIpc) is 2.66. The highest BCUT2D eigenvalue weighted by molar-refractivity contribution is 5.86. The summed E-state index contributed by atoms with van der Waals surface area (Å²) in [7, 11) is 0. The molecule has 112 valence electrons. The van der Waals surface area contributed by atoms with Gasteiger partial charge in [0, 0.05) is 6.54 Å². The molecule has 1 rings (SSSR count). The summed E-state index contributed by atoms with van der Waals surface area (Å²) in [6, 6.07) is 0. The molecule has 8 nitrogen and oxygen atoms in total. The SMILES string of the molecule is CCCCn1cc([N+](=O)[O-])c(NC(=O)OC(C)(C)C)n1. The van der Waals surface area contributed by atoms with Crippen LogP contribution in [0.15, 0.2) is 6.20 Å². The smallest absolute Gasteiger partial charge is 0.413 e. The molecular weight excluding hydrogens is 264 g/mol. The number of amides is 1. The molecule has 0 atom stereocenters. The first-order chi connectivity index (χ1) is 9.23. The van der Waals surface area contributed by atoms with Crippen LogP contribution in [-0.2, 0) is 11.3 Å². The zero-order chi connectivity index (χ0) is 15.3. The molecule has 1 aromatic rings. The quantitative estimate of drug-likeness (QED) is 0.662. The molecule has 0 aliphatic rings. The lowest BCUT2D eigenvalue weighted by atomic mass is 10.2. The minimum absolute atomic E-state index is 0.0969. The van der Waals surface area contributed by atoms with Crippen molar-refractivity contribution in [1.29, 1.82) is 0 Å². The summed E-state index contributed by atoms with van der Waals surface area (Å²) in [4.78, 5) is 22.0. The first-order valence-electron chi connectivity index (χ1n) is 6.44. The number of hydrogen-bond acceptors (Lipinski definition) is 5. The third-order valence-corrected chi connectivity index (χ3v) is 2.30. The summed E-state index contributed by atoms with van der Waals surface area (Å²) in [6.07, 6.45) is 2.34. The number of anilines is 1. The van der Waals surface area contributed by atoms with Crippen molar-refractivity contribution in [1.82, 2.24) is 9.78 Å². The fraction of sp³-hybridized carbons (Fsp3) is 0.667. The Labute approximate surface area is 117 Å². The Balaban J connectivity index is 2.84. The number of rotatable bonds is 5. The van der Waals surface area contributed by atoms with Crippen molar-refractivity contribution < 1.29 is 14.5 Å². The van der Waals surface area contributed by atoms with Crippen LogP contribution in [0, 0.1) is 10.1 Å². The van der Waals surface area contributed by atoms with Gasteiger partial charge in [-0.25, -0.2) is 4.79 Å². The van der Waals surface area contributed by atoms with Gasteiger partial charge in [0.1, 0.15) is 11.8 Å². The minimum atomic E-state index is -0.763. The van der Waals surface area contributed by atoms with E-state index < -0.39 is 16.6 Å². The molecule has 1 heterocycles. The predicted octanol–water partition coefficient (Wildman–Crippen LogP) is 2.94. The molecule has 20 heavy (non-hydrogen) atoms. The van der Waals surface area contributed by atoms with Crippen LogP contribution in [-0.4, -0.2) is 26.4 Å². The number of aryl methyl sites for hydroxylation is 1. The third-order valence-electron chi connectivity index (χ3n) is 2.30. The third kappa shape index (κ3) is 4.87. The lowest BCUT2D eigenvalue weighted by molar-refractivity contribution is -0.384. The van der Waals surface area contributed by atoms with Gasteiger partial charge in [0.25, 0.3) is 0 Å². The predicted molar refractivity (Wildman–Crippen MR) is 73.6 cm³/mol. The van der Waals surface area contributed by atoms with Gasteiger partial charge in [-0.2, -0.15) is 0 Å². The molecule has 0 fully saturated rings. The summed E-state index contributed by atoms with van der Waals surface area (Å²) < 4.78 is 6.50. The van der Waals surface area contributed by atoms with Crippen molar-refractivity contribution >= 4 is 17.6 Å². The van der Waals surface area contributed by atoms with Gasteiger partial charge in [-0.3, -0.25) is 20.1 Å². The van der Waals surface area contributed by atoms with E-state index in [1.165, 1.54) is 10.9 Å². The van der Waals surface area contributed by atoms with Crippen molar-refractivity contribution in [2.24, 2.45) is 0 Å². The van der Waals surface area contributed by atoms with Crippen LogP contribution in [0.3, 0.4) is 0 Å². The normalized spacial score (nSPS) is 11.2. The number of nitrogens with zero attached hydrogens (tertiary/aromatic N) is 3. The molecule has 8 heteroatoms. The Morgan fingerprint density at radius 1 is 1.55 bits per heavy atom. The first-order valence-corrected chi connectivity index (χ1v) is 6.44. The molecule has 0 bridgehead atoms. The van der Waals surface area contributed by atoms with E-state index in [-0.39, 0.29) is 11.5 Å². The van der Waals surface area contributed by atoms with Gasteiger partial charge in [0.2, 0.25) is 5.82 Å². The van der Waals surface area contributed by atoms with E-state index in [9.17, 15) is 14.9 Å². The molecule has 0 spiro atoms. The van der Waals surface area contributed by atoms with E-state index in [1.807, 2.05) is 6.92 Å². The zero-order valence-electron chi connectivity index (χ0n) is 12.2. The number of unbranched alkanes of at least 4 members (excludes halogenated alkanes) is 1. The van der Waals surface area contributed by atoms with Gasteiger partial charge in [-0.05, 0) is 27.2 Å². The molecule has 1 amide bonds. The van der Waals surface area contributed by atoms with E-state index in [4.69, 9.17) is 4.74 Å². The first kappa shape index (κ1) is 15.9. The molecule has 0 radical (unpaired) electrons. The van der Waals surface area contributed by atoms with Gasteiger partial charge in [0.05, 0.1) is 4.92 Å². The van der Waals surface area contributed by atoms with Crippen molar-refractivity contribution in [3.05, 3.63) is 16.3 Å². The lowest BCUT2D eigenvalue weighted by Crippen LogP contribution is -2.27. The van der Waals surface area contributed by atoms with Crippen LogP contribution in [0.5, 0.6) is 0 Å². The monoisotopic (exact) mass is 284 g/mol. The van der Waals surface area contributed by atoms with E-state index in [0.29, 0.717) is 6.54 Å². The maximum atomic E-state index is 11.6. The summed E-state index contributed by atoms with van der Waals surface area (Å²) in [6.45, 7) is 7.70. The highest BCUT2D eigenvalue weighted by Gasteiger charge is 2.24. The molecule has 0 aliphatic carbocycles. The number of ether oxygens (including phenoxy) is 1. The van der Waals surface area contributed by atoms with E-state index in [1.54, 1.807) is 20.8 Å². The van der Waals surface area contributed by atoms with Crippen LogP contribution < -0.4 is 5.32 Å². The fourth-order valence-corrected chi connectivity index (χ4v) is 1.47. The fourth-order valence-electron chi connectivity index (χ4n) is 1.47. The Bertz CT molecular complexity index is 490. The average molecular weight is 284 g/mol. The number of nitro groups is 1. The maximum Gasteiger partial charge on any atom is 0.413 e. The van der Waals surface area contributed by atoms with Crippen molar-refractivity contribution in [2.75, 3.05) is 5.32 Å². The Morgan fingerprint density at radius 3 is 2.70 bits per heavy atom. The molecule has 0 unspecified atom stereocenters.